The highest BCUT2D eigenvalue weighted by atomic mass is 16.1. The van der Waals surface area contributed by atoms with Crippen LogP contribution in [0.1, 0.15) is 35.6 Å². The largest absolute Gasteiger partial charge is 0.349 e. The smallest absolute Gasteiger partial charge is 0.229 e. The lowest BCUT2D eigenvalue weighted by molar-refractivity contribution is -0.123. The van der Waals surface area contributed by atoms with E-state index in [1.54, 1.807) is 0 Å². The van der Waals surface area contributed by atoms with Crippen LogP contribution in [0.2, 0.25) is 0 Å². The molecular formula is C18H22N2O. The van der Waals surface area contributed by atoms with Crippen molar-refractivity contribution in [3.05, 3.63) is 71.3 Å². The molecule has 2 aromatic rings. The summed E-state index contributed by atoms with van der Waals surface area (Å²) in [5, 5.41) is 3.05. The lowest BCUT2D eigenvalue weighted by atomic mass is 9.97. The average Bonchev–Trinajstić information content (AvgIpc) is 2.49. The van der Waals surface area contributed by atoms with Crippen molar-refractivity contribution in [2.24, 2.45) is 5.73 Å². The average molecular weight is 282 g/mol. The molecule has 2 aromatic carbocycles. The monoisotopic (exact) mass is 282 g/mol. The van der Waals surface area contributed by atoms with Gasteiger partial charge in [0.2, 0.25) is 5.91 Å². The van der Waals surface area contributed by atoms with E-state index in [1.165, 1.54) is 5.56 Å². The number of nitrogens with two attached hydrogens (primary N) is 1. The Balaban J connectivity index is 2.07. The maximum absolute atomic E-state index is 12.4. The second-order valence-electron chi connectivity index (χ2n) is 5.34. The number of carbonyl (C=O) groups excluding carboxylic acids is 1. The first-order valence-electron chi connectivity index (χ1n) is 7.23. The lowest BCUT2D eigenvalue weighted by Crippen LogP contribution is -2.35. The minimum atomic E-state index is -0.306. The highest BCUT2D eigenvalue weighted by molar-refractivity contribution is 5.84. The minimum Gasteiger partial charge on any atom is -0.349 e. The van der Waals surface area contributed by atoms with Crippen molar-refractivity contribution in [1.29, 1.82) is 0 Å². The molecular weight excluding hydrogens is 260 g/mol. The fraction of sp³-hybridized carbons (Fsp3) is 0.278. The minimum absolute atomic E-state index is 0.0308. The van der Waals surface area contributed by atoms with Gasteiger partial charge < -0.3 is 11.1 Å². The molecule has 0 bridgehead atoms. The van der Waals surface area contributed by atoms with Crippen LogP contribution in [0.15, 0.2) is 54.6 Å². The molecule has 2 rings (SSSR count). The summed E-state index contributed by atoms with van der Waals surface area (Å²) >= 11 is 0. The zero-order valence-electron chi connectivity index (χ0n) is 12.5. The van der Waals surface area contributed by atoms with Crippen LogP contribution in [0.5, 0.6) is 0 Å². The summed E-state index contributed by atoms with van der Waals surface area (Å²) in [5.74, 6) is -0.337. The zero-order valence-corrected chi connectivity index (χ0v) is 12.5. The molecule has 3 heteroatoms. The molecule has 0 aliphatic rings. The van der Waals surface area contributed by atoms with Crippen molar-refractivity contribution < 1.29 is 4.79 Å². The number of hydrogen-bond donors (Lipinski definition) is 2. The Bertz CT molecular complexity index is 578. The summed E-state index contributed by atoms with van der Waals surface area (Å²) in [6.07, 6.45) is 0. The number of hydrogen-bond acceptors (Lipinski definition) is 2. The van der Waals surface area contributed by atoms with Gasteiger partial charge in [0.05, 0.1) is 12.0 Å². The van der Waals surface area contributed by atoms with Crippen LogP contribution in [0.25, 0.3) is 0 Å². The number of aryl methyl sites for hydroxylation is 1. The van der Waals surface area contributed by atoms with E-state index in [0.717, 1.165) is 11.1 Å². The molecule has 0 spiro atoms. The van der Waals surface area contributed by atoms with E-state index >= 15 is 0 Å². The highest BCUT2D eigenvalue weighted by Crippen LogP contribution is 2.18. The SMILES string of the molecule is Cc1ccc([C@@H](C)NC(=O)C(CN)c2ccccc2)cc1. The van der Waals surface area contributed by atoms with Gasteiger partial charge in [0, 0.05) is 6.54 Å². The summed E-state index contributed by atoms with van der Waals surface area (Å²) in [4.78, 5) is 12.4. The van der Waals surface area contributed by atoms with Gasteiger partial charge in [-0.2, -0.15) is 0 Å². The number of benzene rings is 2. The van der Waals surface area contributed by atoms with Crippen molar-refractivity contribution >= 4 is 5.91 Å². The van der Waals surface area contributed by atoms with E-state index in [1.807, 2.05) is 56.3 Å². The molecule has 1 amide bonds. The Morgan fingerprint density at radius 3 is 2.24 bits per heavy atom. The van der Waals surface area contributed by atoms with Gasteiger partial charge in [-0.1, -0.05) is 60.2 Å². The summed E-state index contributed by atoms with van der Waals surface area (Å²) in [5.41, 5.74) is 9.04. The van der Waals surface area contributed by atoms with Crippen molar-refractivity contribution in [2.75, 3.05) is 6.54 Å². The summed E-state index contributed by atoms with van der Waals surface area (Å²) in [6.45, 7) is 4.34. The fourth-order valence-electron chi connectivity index (χ4n) is 2.33. The first-order chi connectivity index (χ1) is 10.1. The quantitative estimate of drug-likeness (QED) is 0.886. The van der Waals surface area contributed by atoms with Crippen molar-refractivity contribution in [1.82, 2.24) is 5.32 Å². The summed E-state index contributed by atoms with van der Waals surface area (Å²) in [6, 6.07) is 17.8. The van der Waals surface area contributed by atoms with Crippen LogP contribution in [0.3, 0.4) is 0 Å². The Kier molecular flexibility index (Phi) is 5.12. The molecule has 0 aliphatic heterocycles. The van der Waals surface area contributed by atoms with Gasteiger partial charge in [-0.25, -0.2) is 0 Å². The molecule has 1 unspecified atom stereocenters. The maximum Gasteiger partial charge on any atom is 0.229 e. The first kappa shape index (κ1) is 15.3. The van der Waals surface area contributed by atoms with E-state index in [9.17, 15) is 4.79 Å². The molecule has 0 fully saturated rings. The van der Waals surface area contributed by atoms with Crippen molar-refractivity contribution in [3.63, 3.8) is 0 Å². The molecule has 0 aromatic heterocycles. The molecule has 0 saturated carbocycles. The van der Waals surface area contributed by atoms with E-state index in [-0.39, 0.29) is 17.9 Å². The second-order valence-corrected chi connectivity index (χ2v) is 5.34. The third kappa shape index (κ3) is 3.92. The summed E-state index contributed by atoms with van der Waals surface area (Å²) in [7, 11) is 0. The van der Waals surface area contributed by atoms with Gasteiger partial charge in [0.15, 0.2) is 0 Å². The van der Waals surface area contributed by atoms with Gasteiger partial charge in [0.1, 0.15) is 0 Å². The van der Waals surface area contributed by atoms with E-state index in [4.69, 9.17) is 5.73 Å². The van der Waals surface area contributed by atoms with Crippen LogP contribution < -0.4 is 11.1 Å². The Labute approximate surface area is 126 Å². The van der Waals surface area contributed by atoms with Crippen molar-refractivity contribution in [2.45, 2.75) is 25.8 Å². The van der Waals surface area contributed by atoms with Gasteiger partial charge >= 0.3 is 0 Å². The molecule has 3 N–H and O–H groups in total. The Morgan fingerprint density at radius 2 is 1.67 bits per heavy atom. The Hall–Kier alpha value is -2.13. The van der Waals surface area contributed by atoms with Crippen LogP contribution in [0.4, 0.5) is 0 Å². The predicted molar refractivity (Wildman–Crippen MR) is 86.0 cm³/mol. The molecule has 3 nitrogen and oxygen atoms in total. The third-order valence-corrected chi connectivity index (χ3v) is 3.69. The fourth-order valence-corrected chi connectivity index (χ4v) is 2.33. The van der Waals surface area contributed by atoms with Crippen LogP contribution in [0, 0.1) is 6.92 Å². The van der Waals surface area contributed by atoms with Crippen molar-refractivity contribution in [3.8, 4) is 0 Å². The van der Waals surface area contributed by atoms with Crippen LogP contribution in [-0.4, -0.2) is 12.5 Å². The van der Waals surface area contributed by atoms with Gasteiger partial charge in [-0.15, -0.1) is 0 Å². The topological polar surface area (TPSA) is 55.1 Å². The van der Waals surface area contributed by atoms with E-state index in [0.29, 0.717) is 6.54 Å². The molecule has 0 aliphatic carbocycles. The second kappa shape index (κ2) is 7.04. The van der Waals surface area contributed by atoms with E-state index in [2.05, 4.69) is 17.4 Å². The van der Waals surface area contributed by atoms with Crippen LogP contribution in [-0.2, 0) is 4.79 Å². The molecule has 21 heavy (non-hydrogen) atoms. The molecule has 2 atom stereocenters. The summed E-state index contributed by atoms with van der Waals surface area (Å²) < 4.78 is 0. The number of amides is 1. The normalized spacial score (nSPS) is 13.5. The molecule has 0 heterocycles. The Morgan fingerprint density at radius 1 is 1.05 bits per heavy atom. The lowest BCUT2D eigenvalue weighted by Gasteiger charge is -2.20. The molecule has 0 saturated heterocycles. The molecule has 0 radical (unpaired) electrons. The maximum atomic E-state index is 12.4. The third-order valence-electron chi connectivity index (χ3n) is 3.69. The first-order valence-corrected chi connectivity index (χ1v) is 7.23. The predicted octanol–water partition coefficient (Wildman–Crippen LogP) is 2.91. The van der Waals surface area contributed by atoms with Crippen LogP contribution >= 0.6 is 0 Å². The van der Waals surface area contributed by atoms with Gasteiger partial charge in [0.25, 0.3) is 0 Å². The van der Waals surface area contributed by atoms with Gasteiger partial charge in [-0.05, 0) is 25.0 Å². The zero-order chi connectivity index (χ0) is 15.2. The molecule has 110 valence electrons. The standard InChI is InChI=1S/C18H22N2O/c1-13-8-10-15(11-9-13)14(2)20-18(21)17(12-19)16-6-4-3-5-7-16/h3-11,14,17H,12,19H2,1-2H3,(H,20,21)/t14-,17?/m1/s1. The number of carbonyl (C=O) groups is 1. The highest BCUT2D eigenvalue weighted by Gasteiger charge is 2.20. The number of rotatable bonds is 5. The number of nitrogens with one attached hydrogen (secondary N) is 1. The van der Waals surface area contributed by atoms with Gasteiger partial charge in [-0.3, -0.25) is 4.79 Å². The van der Waals surface area contributed by atoms with E-state index < -0.39 is 0 Å².